The molecular formula is C15H17BrO2S. The Morgan fingerprint density at radius 1 is 1.21 bits per heavy atom. The largest absolute Gasteiger partial charge is 0.497 e. The molecular weight excluding hydrogens is 324 g/mol. The molecule has 0 aliphatic rings. The monoisotopic (exact) mass is 340 g/mol. The summed E-state index contributed by atoms with van der Waals surface area (Å²) < 4.78 is 6.29. The molecule has 0 aliphatic carbocycles. The second-order valence-electron chi connectivity index (χ2n) is 4.50. The third-order valence-electron chi connectivity index (χ3n) is 3.11. The SMILES string of the molecule is COc1ccc(CC(CO)Cc2sccc2Br)cc1. The van der Waals surface area contributed by atoms with Gasteiger partial charge in [-0.1, -0.05) is 12.1 Å². The van der Waals surface area contributed by atoms with Crippen molar-refractivity contribution in [2.75, 3.05) is 13.7 Å². The van der Waals surface area contributed by atoms with E-state index in [4.69, 9.17) is 4.74 Å². The summed E-state index contributed by atoms with van der Waals surface area (Å²) in [5, 5.41) is 11.6. The lowest BCUT2D eigenvalue weighted by Crippen LogP contribution is -2.12. The normalized spacial score (nSPS) is 12.4. The minimum atomic E-state index is 0.205. The number of halogens is 1. The van der Waals surface area contributed by atoms with Crippen LogP contribution < -0.4 is 4.74 Å². The van der Waals surface area contributed by atoms with Crippen LogP contribution in [0.3, 0.4) is 0 Å². The summed E-state index contributed by atoms with van der Waals surface area (Å²) in [6.07, 6.45) is 1.78. The summed E-state index contributed by atoms with van der Waals surface area (Å²) in [5.41, 5.74) is 1.23. The van der Waals surface area contributed by atoms with E-state index in [0.29, 0.717) is 0 Å². The van der Waals surface area contributed by atoms with Gasteiger partial charge in [-0.15, -0.1) is 11.3 Å². The van der Waals surface area contributed by atoms with E-state index in [1.54, 1.807) is 18.4 Å². The molecule has 2 aromatic rings. The second kappa shape index (κ2) is 7.08. The Labute approximate surface area is 126 Å². The zero-order valence-electron chi connectivity index (χ0n) is 10.8. The van der Waals surface area contributed by atoms with E-state index in [0.717, 1.165) is 23.1 Å². The number of aliphatic hydroxyl groups excluding tert-OH is 1. The number of hydrogen-bond acceptors (Lipinski definition) is 3. The molecule has 0 radical (unpaired) electrons. The highest BCUT2D eigenvalue weighted by Gasteiger charge is 2.12. The van der Waals surface area contributed by atoms with Crippen LogP contribution >= 0.6 is 27.3 Å². The van der Waals surface area contributed by atoms with E-state index in [-0.39, 0.29) is 12.5 Å². The molecule has 1 aromatic carbocycles. The number of hydrogen-bond donors (Lipinski definition) is 1. The predicted octanol–water partition coefficient (Wildman–Crippen LogP) is 3.91. The summed E-state index contributed by atoms with van der Waals surface area (Å²) in [6.45, 7) is 0.205. The number of benzene rings is 1. The van der Waals surface area contributed by atoms with Gasteiger partial charge in [0.1, 0.15) is 5.75 Å². The van der Waals surface area contributed by atoms with Gasteiger partial charge in [0, 0.05) is 16.0 Å². The van der Waals surface area contributed by atoms with E-state index in [1.165, 1.54) is 10.4 Å². The molecule has 4 heteroatoms. The first-order chi connectivity index (χ1) is 9.22. The fourth-order valence-corrected chi connectivity index (χ4v) is 3.66. The maximum absolute atomic E-state index is 9.54. The molecule has 0 saturated carbocycles. The van der Waals surface area contributed by atoms with Crippen molar-refractivity contribution in [2.24, 2.45) is 5.92 Å². The number of rotatable bonds is 6. The average Bonchev–Trinajstić information content (AvgIpc) is 2.84. The van der Waals surface area contributed by atoms with Gasteiger partial charge in [0.2, 0.25) is 0 Å². The van der Waals surface area contributed by atoms with Crippen molar-refractivity contribution in [3.63, 3.8) is 0 Å². The second-order valence-corrected chi connectivity index (χ2v) is 6.35. The van der Waals surface area contributed by atoms with Crippen molar-refractivity contribution < 1.29 is 9.84 Å². The van der Waals surface area contributed by atoms with Crippen LogP contribution in [0, 0.1) is 5.92 Å². The number of ether oxygens (including phenoxy) is 1. The summed E-state index contributed by atoms with van der Waals surface area (Å²) in [5.74, 6) is 1.12. The van der Waals surface area contributed by atoms with Crippen LogP contribution in [0.15, 0.2) is 40.2 Å². The van der Waals surface area contributed by atoms with Gasteiger partial charge in [-0.25, -0.2) is 0 Å². The minimum Gasteiger partial charge on any atom is -0.497 e. The van der Waals surface area contributed by atoms with Crippen LogP contribution in [0.2, 0.25) is 0 Å². The highest BCUT2D eigenvalue weighted by atomic mass is 79.9. The van der Waals surface area contributed by atoms with Crippen molar-refractivity contribution in [3.8, 4) is 5.75 Å². The van der Waals surface area contributed by atoms with E-state index in [1.807, 2.05) is 12.1 Å². The standard InChI is InChI=1S/C15H17BrO2S/c1-18-13-4-2-11(3-5-13)8-12(10-17)9-15-14(16)6-7-19-15/h2-7,12,17H,8-10H2,1H3. The Bertz CT molecular complexity index is 507. The van der Waals surface area contributed by atoms with Crippen LogP contribution in [0.1, 0.15) is 10.4 Å². The first kappa shape index (κ1) is 14.6. The van der Waals surface area contributed by atoms with Gasteiger partial charge in [-0.3, -0.25) is 0 Å². The first-order valence-corrected chi connectivity index (χ1v) is 7.86. The van der Waals surface area contributed by atoms with Crippen molar-refractivity contribution in [2.45, 2.75) is 12.8 Å². The molecule has 1 atom stereocenters. The van der Waals surface area contributed by atoms with Crippen molar-refractivity contribution in [3.05, 3.63) is 50.6 Å². The molecule has 0 aliphatic heterocycles. The van der Waals surface area contributed by atoms with Crippen molar-refractivity contribution >= 4 is 27.3 Å². The van der Waals surface area contributed by atoms with Crippen LogP contribution in [0.4, 0.5) is 0 Å². The molecule has 1 heterocycles. The molecule has 19 heavy (non-hydrogen) atoms. The fraction of sp³-hybridized carbons (Fsp3) is 0.333. The van der Waals surface area contributed by atoms with E-state index < -0.39 is 0 Å². The van der Waals surface area contributed by atoms with Crippen LogP contribution in [-0.2, 0) is 12.8 Å². The predicted molar refractivity (Wildman–Crippen MR) is 83.0 cm³/mol. The molecule has 1 N–H and O–H groups in total. The van der Waals surface area contributed by atoms with E-state index in [2.05, 4.69) is 39.5 Å². The summed E-state index contributed by atoms with van der Waals surface area (Å²) in [7, 11) is 1.67. The maximum Gasteiger partial charge on any atom is 0.118 e. The van der Waals surface area contributed by atoms with Crippen molar-refractivity contribution in [1.82, 2.24) is 0 Å². The summed E-state index contributed by atoms with van der Waals surface area (Å²) in [4.78, 5) is 1.30. The molecule has 0 bridgehead atoms. The van der Waals surface area contributed by atoms with Gasteiger partial charge < -0.3 is 9.84 Å². The molecule has 0 saturated heterocycles. The van der Waals surface area contributed by atoms with Crippen LogP contribution in [-0.4, -0.2) is 18.8 Å². The van der Waals surface area contributed by atoms with E-state index >= 15 is 0 Å². The van der Waals surface area contributed by atoms with Crippen LogP contribution in [0.25, 0.3) is 0 Å². The Kier molecular flexibility index (Phi) is 5.43. The van der Waals surface area contributed by atoms with Gasteiger partial charge in [0.25, 0.3) is 0 Å². The minimum absolute atomic E-state index is 0.205. The summed E-state index contributed by atoms with van der Waals surface area (Å²) >= 11 is 5.27. The quantitative estimate of drug-likeness (QED) is 0.863. The fourth-order valence-electron chi connectivity index (χ4n) is 2.03. The molecule has 0 amide bonds. The van der Waals surface area contributed by atoms with Gasteiger partial charge in [-0.2, -0.15) is 0 Å². The highest BCUT2D eigenvalue weighted by Crippen LogP contribution is 2.26. The highest BCUT2D eigenvalue weighted by molar-refractivity contribution is 9.10. The van der Waals surface area contributed by atoms with Gasteiger partial charge >= 0.3 is 0 Å². The zero-order chi connectivity index (χ0) is 13.7. The molecule has 102 valence electrons. The lowest BCUT2D eigenvalue weighted by Gasteiger charge is -2.14. The Morgan fingerprint density at radius 2 is 1.95 bits per heavy atom. The smallest absolute Gasteiger partial charge is 0.118 e. The molecule has 1 unspecified atom stereocenters. The lowest BCUT2D eigenvalue weighted by atomic mass is 9.96. The molecule has 2 rings (SSSR count). The lowest BCUT2D eigenvalue weighted by molar-refractivity contribution is 0.225. The summed E-state index contributed by atoms with van der Waals surface area (Å²) in [6, 6.07) is 10.1. The Balaban J connectivity index is 2.00. The molecule has 1 aromatic heterocycles. The zero-order valence-corrected chi connectivity index (χ0v) is 13.2. The third kappa shape index (κ3) is 4.06. The van der Waals surface area contributed by atoms with E-state index in [9.17, 15) is 5.11 Å². The van der Waals surface area contributed by atoms with Gasteiger partial charge in [-0.05, 0) is 63.8 Å². The topological polar surface area (TPSA) is 29.5 Å². The first-order valence-electron chi connectivity index (χ1n) is 6.18. The van der Waals surface area contributed by atoms with Crippen molar-refractivity contribution in [1.29, 1.82) is 0 Å². The van der Waals surface area contributed by atoms with Gasteiger partial charge in [0.15, 0.2) is 0 Å². The number of aliphatic hydroxyl groups is 1. The molecule has 0 fully saturated rings. The van der Waals surface area contributed by atoms with Crippen LogP contribution in [0.5, 0.6) is 5.75 Å². The Morgan fingerprint density at radius 3 is 2.47 bits per heavy atom. The molecule has 2 nitrogen and oxygen atoms in total. The number of thiophene rings is 1. The Hall–Kier alpha value is -0.840. The maximum atomic E-state index is 9.54. The molecule has 0 spiro atoms. The number of methoxy groups -OCH3 is 1. The third-order valence-corrected chi connectivity index (χ3v) is 5.06. The van der Waals surface area contributed by atoms with Gasteiger partial charge in [0.05, 0.1) is 7.11 Å². The average molecular weight is 341 g/mol.